The van der Waals surface area contributed by atoms with E-state index in [0.717, 1.165) is 39.7 Å². The number of hydrogen-bond acceptors (Lipinski definition) is 2. The van der Waals surface area contributed by atoms with Crippen LogP contribution in [0.4, 0.5) is 0 Å². The van der Waals surface area contributed by atoms with Crippen molar-refractivity contribution in [1.29, 1.82) is 0 Å². The monoisotopic (exact) mass is 274 g/mol. The fourth-order valence-electron chi connectivity index (χ4n) is 2.66. The molecule has 0 fully saturated rings. The molecule has 0 bridgehead atoms. The Morgan fingerprint density at radius 3 is 2.81 bits per heavy atom. The van der Waals surface area contributed by atoms with E-state index >= 15 is 0 Å². The van der Waals surface area contributed by atoms with E-state index in [1.165, 1.54) is 0 Å². The normalized spacial score (nSPS) is 17.6. The second-order valence-corrected chi connectivity index (χ2v) is 5.11. The highest BCUT2D eigenvalue weighted by Crippen LogP contribution is 2.35. The van der Waals surface area contributed by atoms with Gasteiger partial charge in [-0.3, -0.25) is 0 Å². The molecule has 0 amide bonds. The third kappa shape index (κ3) is 2.05. The van der Waals surface area contributed by atoms with Crippen molar-refractivity contribution in [1.82, 2.24) is 0 Å². The number of para-hydroxylation sites is 1. The summed E-state index contributed by atoms with van der Waals surface area (Å²) in [4.78, 5) is 0. The maximum atomic E-state index is 5.91. The summed E-state index contributed by atoms with van der Waals surface area (Å²) < 4.78 is 11.8. The van der Waals surface area contributed by atoms with Crippen molar-refractivity contribution >= 4 is 21.9 Å². The van der Waals surface area contributed by atoms with E-state index in [2.05, 4.69) is 24.8 Å². The lowest BCUT2D eigenvalue weighted by molar-refractivity contribution is 0.442. The van der Waals surface area contributed by atoms with Crippen LogP contribution in [0.5, 0.6) is 5.75 Å². The molecule has 0 radical (unpaired) electrons. The van der Waals surface area contributed by atoms with E-state index in [-0.39, 0.29) is 0 Å². The van der Waals surface area contributed by atoms with E-state index in [0.29, 0.717) is 5.76 Å². The summed E-state index contributed by atoms with van der Waals surface area (Å²) in [7, 11) is 0. The van der Waals surface area contributed by atoms with Crippen molar-refractivity contribution in [2.75, 3.05) is 0 Å². The summed E-state index contributed by atoms with van der Waals surface area (Å²) in [6.07, 6.45) is 8.75. The van der Waals surface area contributed by atoms with Gasteiger partial charge < -0.3 is 9.15 Å². The van der Waals surface area contributed by atoms with Crippen molar-refractivity contribution in [3.63, 3.8) is 0 Å². The van der Waals surface area contributed by atoms with Gasteiger partial charge >= 0.3 is 0 Å². The van der Waals surface area contributed by atoms with Gasteiger partial charge in [-0.2, -0.15) is 0 Å². The molecule has 0 N–H and O–H groups in total. The molecule has 1 aliphatic heterocycles. The van der Waals surface area contributed by atoms with Crippen LogP contribution in [0.15, 0.2) is 77.5 Å². The molecule has 0 spiro atoms. The lowest BCUT2D eigenvalue weighted by Crippen LogP contribution is -1.94. The molecular formula is C19H14O2. The summed E-state index contributed by atoms with van der Waals surface area (Å²) in [6.45, 7) is 3.91. The first-order valence-electron chi connectivity index (χ1n) is 6.95. The third-order valence-corrected chi connectivity index (χ3v) is 3.67. The van der Waals surface area contributed by atoms with E-state index < -0.39 is 0 Å². The Bertz CT molecular complexity index is 910. The first-order chi connectivity index (χ1) is 10.3. The van der Waals surface area contributed by atoms with E-state index in [4.69, 9.17) is 9.15 Å². The molecule has 2 heterocycles. The molecule has 2 aromatic carbocycles. The van der Waals surface area contributed by atoms with Crippen LogP contribution in [0.2, 0.25) is 0 Å². The SMILES string of the molecule is C=C1/C=C\C=C/Cc2cc3c(cc2O1)oc1ccccc13. The van der Waals surface area contributed by atoms with Gasteiger partial charge in [0.25, 0.3) is 0 Å². The number of benzene rings is 2. The minimum atomic E-state index is 0.623. The molecule has 0 unspecified atom stereocenters. The van der Waals surface area contributed by atoms with Gasteiger partial charge in [0, 0.05) is 16.8 Å². The molecule has 2 nitrogen and oxygen atoms in total. The maximum absolute atomic E-state index is 5.91. The first-order valence-corrected chi connectivity index (χ1v) is 6.95. The van der Waals surface area contributed by atoms with Crippen LogP contribution in [0.25, 0.3) is 21.9 Å². The molecule has 1 aliphatic rings. The number of allylic oxidation sites excluding steroid dienone is 4. The minimum absolute atomic E-state index is 0.623. The zero-order chi connectivity index (χ0) is 14.2. The van der Waals surface area contributed by atoms with E-state index in [1.54, 1.807) is 0 Å². The van der Waals surface area contributed by atoms with Gasteiger partial charge in [-0.05, 0) is 30.2 Å². The fourth-order valence-corrected chi connectivity index (χ4v) is 2.66. The Balaban J connectivity index is 1.98. The number of furan rings is 1. The van der Waals surface area contributed by atoms with Crippen molar-refractivity contribution in [3.05, 3.63) is 78.6 Å². The van der Waals surface area contributed by atoms with Gasteiger partial charge in [0.1, 0.15) is 22.7 Å². The second-order valence-electron chi connectivity index (χ2n) is 5.11. The Morgan fingerprint density at radius 2 is 1.86 bits per heavy atom. The molecule has 0 saturated heterocycles. The highest BCUT2D eigenvalue weighted by molar-refractivity contribution is 6.05. The van der Waals surface area contributed by atoms with Crippen LogP contribution in [-0.2, 0) is 6.42 Å². The highest BCUT2D eigenvalue weighted by Gasteiger charge is 2.12. The zero-order valence-corrected chi connectivity index (χ0v) is 11.5. The average molecular weight is 274 g/mol. The Hall–Kier alpha value is -2.74. The van der Waals surface area contributed by atoms with Crippen LogP contribution >= 0.6 is 0 Å². The average Bonchev–Trinajstić information content (AvgIpc) is 2.87. The zero-order valence-electron chi connectivity index (χ0n) is 11.5. The number of fused-ring (bicyclic) bond motifs is 4. The third-order valence-electron chi connectivity index (χ3n) is 3.67. The topological polar surface area (TPSA) is 22.4 Å². The van der Waals surface area contributed by atoms with Gasteiger partial charge in [0.2, 0.25) is 0 Å². The van der Waals surface area contributed by atoms with Crippen LogP contribution < -0.4 is 4.74 Å². The summed E-state index contributed by atoms with van der Waals surface area (Å²) in [5, 5.41) is 2.26. The Labute approximate surface area is 122 Å². The number of rotatable bonds is 0. The number of hydrogen-bond donors (Lipinski definition) is 0. The molecule has 0 aliphatic carbocycles. The summed E-state index contributed by atoms with van der Waals surface area (Å²) in [5.41, 5.74) is 2.88. The quantitative estimate of drug-likeness (QED) is 0.566. The van der Waals surface area contributed by atoms with E-state index in [1.807, 2.05) is 42.5 Å². The molecule has 1 aromatic heterocycles. The predicted octanol–water partition coefficient (Wildman–Crippen LogP) is 5.15. The Morgan fingerprint density at radius 1 is 0.952 bits per heavy atom. The van der Waals surface area contributed by atoms with Crippen LogP contribution in [0, 0.1) is 0 Å². The molecule has 4 rings (SSSR count). The van der Waals surface area contributed by atoms with Crippen LogP contribution in [0.1, 0.15) is 5.56 Å². The second kappa shape index (κ2) is 4.67. The van der Waals surface area contributed by atoms with Crippen molar-refractivity contribution in [2.24, 2.45) is 0 Å². The lowest BCUT2D eigenvalue weighted by atomic mass is 10.1. The van der Waals surface area contributed by atoms with Crippen LogP contribution in [0.3, 0.4) is 0 Å². The maximum Gasteiger partial charge on any atom is 0.139 e. The van der Waals surface area contributed by atoms with Crippen molar-refractivity contribution in [3.8, 4) is 5.75 Å². The lowest BCUT2D eigenvalue weighted by Gasteiger charge is -2.09. The van der Waals surface area contributed by atoms with E-state index in [9.17, 15) is 0 Å². The van der Waals surface area contributed by atoms with Gasteiger partial charge in [-0.1, -0.05) is 43.0 Å². The molecule has 102 valence electrons. The number of ether oxygens (including phenoxy) is 1. The molecule has 0 saturated carbocycles. The molecule has 2 heteroatoms. The Kier molecular flexibility index (Phi) is 2.68. The summed E-state index contributed by atoms with van der Waals surface area (Å²) in [6, 6.07) is 12.2. The van der Waals surface area contributed by atoms with Crippen molar-refractivity contribution in [2.45, 2.75) is 6.42 Å². The predicted molar refractivity (Wildman–Crippen MR) is 85.5 cm³/mol. The minimum Gasteiger partial charge on any atom is -0.458 e. The first kappa shape index (κ1) is 12.0. The largest absolute Gasteiger partial charge is 0.458 e. The summed E-state index contributed by atoms with van der Waals surface area (Å²) in [5.74, 6) is 1.43. The van der Waals surface area contributed by atoms with Crippen molar-refractivity contribution < 1.29 is 9.15 Å². The summed E-state index contributed by atoms with van der Waals surface area (Å²) >= 11 is 0. The molecule has 0 atom stereocenters. The molecule has 3 aromatic rings. The van der Waals surface area contributed by atoms with Crippen LogP contribution in [-0.4, -0.2) is 0 Å². The fraction of sp³-hybridized carbons (Fsp3) is 0.0526. The van der Waals surface area contributed by atoms with Gasteiger partial charge in [-0.15, -0.1) is 0 Å². The standard InChI is InChI=1S/C19H14O2/c1-13-7-3-2-4-8-14-11-16-15-9-5-6-10-17(15)21-19(16)12-18(14)20-13/h2-7,9-12H,1,8H2/b4-2-,7-3-. The molecule has 21 heavy (non-hydrogen) atoms. The molecular weight excluding hydrogens is 260 g/mol. The highest BCUT2D eigenvalue weighted by atomic mass is 16.5. The van der Waals surface area contributed by atoms with Gasteiger partial charge in [-0.25, -0.2) is 0 Å². The van der Waals surface area contributed by atoms with Gasteiger partial charge in [0.15, 0.2) is 0 Å². The van der Waals surface area contributed by atoms with Gasteiger partial charge in [0.05, 0.1) is 0 Å². The smallest absolute Gasteiger partial charge is 0.139 e.